The Morgan fingerprint density at radius 3 is 2.50 bits per heavy atom. The summed E-state index contributed by atoms with van der Waals surface area (Å²) < 4.78 is 6.51. The van der Waals surface area contributed by atoms with Gasteiger partial charge in [-0.15, -0.1) is 0 Å². The smallest absolute Gasteiger partial charge is 0.139 e. The predicted octanol–water partition coefficient (Wildman–Crippen LogP) is 6.72. The Kier molecular flexibility index (Phi) is 2.99. The monoisotopic (exact) mass is 341 g/mol. The lowest BCUT2D eigenvalue weighted by Crippen LogP contribution is -2.20. The molecule has 0 bridgehead atoms. The number of rotatable bonds is 1. The first kappa shape index (κ1) is 15.6. The molecule has 0 amide bonds. The SMILES string of the molecule is Cc1ccc2c3c1oc1c(C(C)C)ccc(c13)C(C)(C)c1cccnc1-2. The maximum absolute atomic E-state index is 6.51. The minimum absolute atomic E-state index is 0.138. The Balaban J connectivity index is 2.12. The van der Waals surface area contributed by atoms with E-state index in [1.807, 2.05) is 12.3 Å². The van der Waals surface area contributed by atoms with Gasteiger partial charge >= 0.3 is 0 Å². The Morgan fingerprint density at radius 1 is 0.923 bits per heavy atom. The Bertz CT molecular complexity index is 1190. The second-order valence-electron chi connectivity index (χ2n) is 8.32. The number of hydrogen-bond donors (Lipinski definition) is 0. The third kappa shape index (κ3) is 1.79. The van der Waals surface area contributed by atoms with E-state index < -0.39 is 0 Å². The van der Waals surface area contributed by atoms with Crippen molar-refractivity contribution >= 4 is 21.9 Å². The summed E-state index contributed by atoms with van der Waals surface area (Å²) in [6.45, 7) is 11.2. The molecule has 2 aromatic heterocycles. The average molecular weight is 341 g/mol. The summed E-state index contributed by atoms with van der Waals surface area (Å²) in [5.74, 6) is 0.417. The van der Waals surface area contributed by atoms with Crippen LogP contribution < -0.4 is 0 Å². The Morgan fingerprint density at radius 2 is 1.73 bits per heavy atom. The maximum Gasteiger partial charge on any atom is 0.139 e. The van der Waals surface area contributed by atoms with Gasteiger partial charge in [0.15, 0.2) is 0 Å². The van der Waals surface area contributed by atoms with Crippen LogP contribution in [0.25, 0.3) is 33.2 Å². The molecule has 26 heavy (non-hydrogen) atoms. The summed E-state index contributed by atoms with van der Waals surface area (Å²) in [6, 6.07) is 13.2. The maximum atomic E-state index is 6.51. The van der Waals surface area contributed by atoms with E-state index in [0.717, 1.165) is 16.9 Å². The van der Waals surface area contributed by atoms with Crippen molar-refractivity contribution in [3.8, 4) is 11.3 Å². The topological polar surface area (TPSA) is 26.0 Å². The molecule has 1 aliphatic carbocycles. The van der Waals surface area contributed by atoms with E-state index in [1.165, 1.54) is 38.6 Å². The summed E-state index contributed by atoms with van der Waals surface area (Å²) in [6.07, 6.45) is 1.90. The highest BCUT2D eigenvalue weighted by atomic mass is 16.3. The molecule has 0 saturated carbocycles. The molecule has 2 nitrogen and oxygen atoms in total. The first-order valence-corrected chi connectivity index (χ1v) is 9.36. The average Bonchev–Trinajstić information content (AvgIpc) is 2.99. The fourth-order valence-corrected chi connectivity index (χ4v) is 4.57. The van der Waals surface area contributed by atoms with Gasteiger partial charge < -0.3 is 4.42 Å². The second-order valence-corrected chi connectivity index (χ2v) is 8.32. The highest BCUT2D eigenvalue weighted by molar-refractivity contribution is 6.16. The zero-order valence-corrected chi connectivity index (χ0v) is 16.0. The lowest BCUT2D eigenvalue weighted by atomic mass is 9.76. The van der Waals surface area contributed by atoms with Crippen molar-refractivity contribution in [1.29, 1.82) is 0 Å². The van der Waals surface area contributed by atoms with Crippen LogP contribution in [0.5, 0.6) is 0 Å². The van der Waals surface area contributed by atoms with Crippen LogP contribution in [0.15, 0.2) is 47.0 Å². The molecule has 0 radical (unpaired) electrons. The van der Waals surface area contributed by atoms with Crippen molar-refractivity contribution < 1.29 is 4.42 Å². The number of fused-ring (bicyclic) bond motifs is 2. The molecular weight excluding hydrogens is 318 g/mol. The molecule has 0 N–H and O–H groups in total. The molecule has 5 rings (SSSR count). The summed E-state index contributed by atoms with van der Waals surface area (Å²) in [4.78, 5) is 4.80. The first-order valence-electron chi connectivity index (χ1n) is 9.36. The molecule has 0 spiro atoms. The fraction of sp³-hybridized carbons (Fsp3) is 0.292. The molecule has 0 atom stereocenters. The van der Waals surface area contributed by atoms with Gasteiger partial charge in [0.25, 0.3) is 0 Å². The molecular formula is C24H23NO. The molecule has 2 heteroatoms. The second kappa shape index (κ2) is 4.97. The zero-order valence-electron chi connectivity index (χ0n) is 16.0. The highest BCUT2D eigenvalue weighted by Crippen LogP contribution is 2.50. The molecule has 0 fully saturated rings. The van der Waals surface area contributed by atoms with Gasteiger partial charge in [-0.2, -0.15) is 0 Å². The van der Waals surface area contributed by atoms with Gasteiger partial charge in [-0.3, -0.25) is 4.98 Å². The van der Waals surface area contributed by atoms with Crippen molar-refractivity contribution in [2.75, 3.05) is 0 Å². The van der Waals surface area contributed by atoms with Crippen molar-refractivity contribution in [2.24, 2.45) is 0 Å². The van der Waals surface area contributed by atoms with E-state index in [1.54, 1.807) is 0 Å². The molecule has 0 aliphatic heterocycles. The summed E-state index contributed by atoms with van der Waals surface area (Å²) >= 11 is 0. The summed E-state index contributed by atoms with van der Waals surface area (Å²) in [7, 11) is 0. The van der Waals surface area contributed by atoms with Crippen LogP contribution in [0.2, 0.25) is 0 Å². The number of aromatic nitrogens is 1. The van der Waals surface area contributed by atoms with Crippen molar-refractivity contribution in [2.45, 2.75) is 46.0 Å². The third-order valence-corrected chi connectivity index (χ3v) is 6.03. The lowest BCUT2D eigenvalue weighted by molar-refractivity contribution is 0.635. The standard InChI is InChI=1S/C24H23NO/c1-13(2)15-10-11-17-20-19-16(9-8-14(3)22(19)26-23(15)20)21-18(24(17,4)5)7-6-12-25-21/h6-13H,1-5H3. The van der Waals surface area contributed by atoms with Gasteiger partial charge in [0.05, 0.1) is 5.69 Å². The van der Waals surface area contributed by atoms with E-state index >= 15 is 0 Å². The predicted molar refractivity (Wildman–Crippen MR) is 108 cm³/mol. The van der Waals surface area contributed by atoms with Crippen molar-refractivity contribution in [3.05, 3.63) is 64.8 Å². The number of furan rings is 1. The van der Waals surface area contributed by atoms with Crippen LogP contribution in [-0.4, -0.2) is 4.98 Å². The zero-order chi connectivity index (χ0) is 18.2. The molecule has 2 aromatic carbocycles. The van der Waals surface area contributed by atoms with Gasteiger partial charge in [-0.05, 0) is 41.2 Å². The summed E-state index contributed by atoms with van der Waals surface area (Å²) in [5, 5.41) is 2.50. The number of hydrogen-bond acceptors (Lipinski definition) is 2. The van der Waals surface area contributed by atoms with Crippen molar-refractivity contribution in [3.63, 3.8) is 0 Å². The van der Waals surface area contributed by atoms with E-state index in [-0.39, 0.29) is 5.41 Å². The quantitative estimate of drug-likeness (QED) is 0.384. The number of aryl methyl sites for hydroxylation is 1. The normalized spacial score (nSPS) is 15.0. The van der Waals surface area contributed by atoms with Gasteiger partial charge in [0, 0.05) is 27.9 Å². The van der Waals surface area contributed by atoms with Gasteiger partial charge in [0.1, 0.15) is 11.2 Å². The van der Waals surface area contributed by atoms with E-state index in [2.05, 4.69) is 65.0 Å². The fourth-order valence-electron chi connectivity index (χ4n) is 4.57. The number of nitrogens with zero attached hydrogens (tertiary/aromatic N) is 1. The molecule has 2 heterocycles. The minimum atomic E-state index is -0.138. The molecule has 0 saturated heterocycles. The Labute approximate surface area is 153 Å². The van der Waals surface area contributed by atoms with E-state index in [4.69, 9.17) is 9.40 Å². The largest absolute Gasteiger partial charge is 0.455 e. The van der Waals surface area contributed by atoms with Crippen LogP contribution in [0, 0.1) is 6.92 Å². The van der Waals surface area contributed by atoms with Crippen LogP contribution in [-0.2, 0) is 5.41 Å². The molecule has 4 aromatic rings. The van der Waals surface area contributed by atoms with Crippen LogP contribution >= 0.6 is 0 Å². The summed E-state index contributed by atoms with van der Waals surface area (Å²) in [5.41, 5.74) is 9.23. The Hall–Kier alpha value is -2.61. The number of benzene rings is 2. The molecule has 1 aliphatic rings. The lowest BCUT2D eigenvalue weighted by Gasteiger charge is -2.27. The third-order valence-electron chi connectivity index (χ3n) is 6.03. The minimum Gasteiger partial charge on any atom is -0.455 e. The van der Waals surface area contributed by atoms with Crippen molar-refractivity contribution in [1.82, 2.24) is 4.98 Å². The van der Waals surface area contributed by atoms with Crippen LogP contribution in [0.4, 0.5) is 0 Å². The van der Waals surface area contributed by atoms with E-state index in [9.17, 15) is 0 Å². The van der Waals surface area contributed by atoms with Gasteiger partial charge in [0.2, 0.25) is 0 Å². The number of pyridine rings is 1. The van der Waals surface area contributed by atoms with Gasteiger partial charge in [-0.1, -0.05) is 58.0 Å². The van der Waals surface area contributed by atoms with Crippen LogP contribution in [0.3, 0.4) is 0 Å². The molecule has 0 unspecified atom stereocenters. The van der Waals surface area contributed by atoms with Gasteiger partial charge in [-0.25, -0.2) is 0 Å². The first-order chi connectivity index (χ1) is 12.4. The molecule has 130 valence electrons. The van der Waals surface area contributed by atoms with Crippen LogP contribution in [0.1, 0.15) is 55.9 Å². The van der Waals surface area contributed by atoms with E-state index in [0.29, 0.717) is 5.92 Å². The highest BCUT2D eigenvalue weighted by Gasteiger charge is 2.35.